The summed E-state index contributed by atoms with van der Waals surface area (Å²) >= 11 is 0. The van der Waals surface area contributed by atoms with Gasteiger partial charge in [0.2, 0.25) is 5.91 Å². The molecule has 0 aromatic carbocycles. The molecule has 2 rings (SSSR count). The fraction of sp³-hybridized carbons (Fsp3) is 0.917. The molecule has 0 spiro atoms. The molecule has 0 bridgehead atoms. The van der Waals surface area contributed by atoms with Crippen molar-refractivity contribution in [1.82, 2.24) is 10.6 Å². The van der Waals surface area contributed by atoms with Gasteiger partial charge in [0.15, 0.2) is 0 Å². The van der Waals surface area contributed by atoms with E-state index >= 15 is 0 Å². The molecule has 0 radical (unpaired) electrons. The average molecular weight is 226 g/mol. The predicted molar refractivity (Wildman–Crippen MR) is 62.1 cm³/mol. The van der Waals surface area contributed by atoms with Crippen molar-refractivity contribution in [3.8, 4) is 0 Å². The van der Waals surface area contributed by atoms with Crippen LogP contribution in [0.25, 0.3) is 0 Å². The first-order chi connectivity index (χ1) is 7.72. The molecule has 2 fully saturated rings. The Kier molecular flexibility index (Phi) is 3.82. The summed E-state index contributed by atoms with van der Waals surface area (Å²) in [7, 11) is 1.89. The zero-order chi connectivity index (χ0) is 11.5. The van der Waals surface area contributed by atoms with Gasteiger partial charge in [0.25, 0.3) is 0 Å². The third kappa shape index (κ3) is 2.38. The second-order valence-electron chi connectivity index (χ2n) is 5.06. The maximum Gasteiger partial charge on any atom is 0.227 e. The van der Waals surface area contributed by atoms with Crippen LogP contribution in [0.4, 0.5) is 0 Å². The van der Waals surface area contributed by atoms with Crippen LogP contribution < -0.4 is 10.6 Å². The van der Waals surface area contributed by atoms with E-state index in [0.717, 1.165) is 6.42 Å². The van der Waals surface area contributed by atoms with Gasteiger partial charge in [-0.3, -0.25) is 4.79 Å². The molecule has 2 aliphatic rings. The van der Waals surface area contributed by atoms with E-state index < -0.39 is 0 Å². The fourth-order valence-electron chi connectivity index (χ4n) is 2.75. The van der Waals surface area contributed by atoms with E-state index in [4.69, 9.17) is 4.74 Å². The standard InChI is InChI=1S/C12H22N2O2/c1-8-4-3-5-10(8)14-12(15)9-6-16-7-11(9)13-2/h8-11,13H,3-7H2,1-2H3,(H,14,15). The van der Waals surface area contributed by atoms with Crippen molar-refractivity contribution in [2.45, 2.75) is 38.3 Å². The van der Waals surface area contributed by atoms with Gasteiger partial charge in [-0.1, -0.05) is 13.3 Å². The van der Waals surface area contributed by atoms with E-state index in [-0.39, 0.29) is 17.9 Å². The van der Waals surface area contributed by atoms with Crippen molar-refractivity contribution in [3.05, 3.63) is 0 Å². The van der Waals surface area contributed by atoms with Crippen LogP contribution in [0.5, 0.6) is 0 Å². The van der Waals surface area contributed by atoms with Crippen LogP contribution in [-0.2, 0) is 9.53 Å². The van der Waals surface area contributed by atoms with Crippen LogP contribution in [-0.4, -0.2) is 38.3 Å². The number of hydrogen-bond acceptors (Lipinski definition) is 3. The summed E-state index contributed by atoms with van der Waals surface area (Å²) in [5.74, 6) is 0.771. The molecule has 16 heavy (non-hydrogen) atoms. The fourth-order valence-corrected chi connectivity index (χ4v) is 2.75. The Morgan fingerprint density at radius 2 is 2.06 bits per heavy atom. The summed E-state index contributed by atoms with van der Waals surface area (Å²) in [6.07, 6.45) is 3.61. The number of hydrogen-bond donors (Lipinski definition) is 2. The Balaban J connectivity index is 1.87. The first-order valence-electron chi connectivity index (χ1n) is 6.27. The van der Waals surface area contributed by atoms with Gasteiger partial charge in [-0.15, -0.1) is 0 Å². The highest BCUT2D eigenvalue weighted by molar-refractivity contribution is 5.80. The summed E-state index contributed by atoms with van der Waals surface area (Å²) in [4.78, 5) is 12.1. The van der Waals surface area contributed by atoms with Crippen molar-refractivity contribution in [1.29, 1.82) is 0 Å². The minimum atomic E-state index is -0.0159. The van der Waals surface area contributed by atoms with Gasteiger partial charge in [-0.2, -0.15) is 0 Å². The van der Waals surface area contributed by atoms with Gasteiger partial charge >= 0.3 is 0 Å². The second kappa shape index (κ2) is 5.15. The summed E-state index contributed by atoms with van der Waals surface area (Å²) in [6.45, 7) is 3.42. The van der Waals surface area contributed by atoms with Gasteiger partial charge in [-0.05, 0) is 25.8 Å². The molecule has 1 heterocycles. The number of ether oxygens (including phenoxy) is 1. The largest absolute Gasteiger partial charge is 0.379 e. The first kappa shape index (κ1) is 11.9. The molecule has 4 unspecified atom stereocenters. The van der Waals surface area contributed by atoms with Crippen LogP contribution in [0.1, 0.15) is 26.2 Å². The number of likely N-dealkylation sites (N-methyl/N-ethyl adjacent to an activating group) is 1. The van der Waals surface area contributed by atoms with Gasteiger partial charge in [-0.25, -0.2) is 0 Å². The quantitative estimate of drug-likeness (QED) is 0.738. The highest BCUT2D eigenvalue weighted by Gasteiger charge is 2.35. The van der Waals surface area contributed by atoms with Crippen molar-refractivity contribution >= 4 is 5.91 Å². The highest BCUT2D eigenvalue weighted by Crippen LogP contribution is 2.25. The van der Waals surface area contributed by atoms with Crippen LogP contribution in [0.15, 0.2) is 0 Å². The Morgan fingerprint density at radius 3 is 2.69 bits per heavy atom. The first-order valence-corrected chi connectivity index (χ1v) is 6.27. The van der Waals surface area contributed by atoms with E-state index in [9.17, 15) is 4.79 Å². The molecule has 2 N–H and O–H groups in total. The number of rotatable bonds is 3. The van der Waals surface area contributed by atoms with Crippen LogP contribution in [0, 0.1) is 11.8 Å². The molecule has 1 saturated heterocycles. The lowest BCUT2D eigenvalue weighted by atomic mass is 10.0. The monoisotopic (exact) mass is 226 g/mol. The number of carbonyl (C=O) groups is 1. The molecule has 0 aromatic heterocycles. The van der Waals surface area contributed by atoms with Gasteiger partial charge in [0.05, 0.1) is 19.1 Å². The molecule has 1 aliphatic heterocycles. The predicted octanol–water partition coefficient (Wildman–Crippen LogP) is 0.526. The third-order valence-electron chi connectivity index (χ3n) is 3.98. The second-order valence-corrected chi connectivity index (χ2v) is 5.06. The number of nitrogens with one attached hydrogen (secondary N) is 2. The lowest BCUT2D eigenvalue weighted by Gasteiger charge is -2.22. The highest BCUT2D eigenvalue weighted by atomic mass is 16.5. The molecule has 4 nitrogen and oxygen atoms in total. The molecule has 4 heteroatoms. The third-order valence-corrected chi connectivity index (χ3v) is 3.98. The van der Waals surface area contributed by atoms with Crippen molar-refractivity contribution < 1.29 is 9.53 Å². The van der Waals surface area contributed by atoms with E-state index in [2.05, 4.69) is 17.6 Å². The molecular weight excluding hydrogens is 204 g/mol. The van der Waals surface area contributed by atoms with E-state index in [0.29, 0.717) is 25.2 Å². The molecular formula is C12H22N2O2. The zero-order valence-corrected chi connectivity index (χ0v) is 10.2. The Bertz CT molecular complexity index is 257. The molecule has 1 aliphatic carbocycles. The zero-order valence-electron chi connectivity index (χ0n) is 10.2. The lowest BCUT2D eigenvalue weighted by molar-refractivity contribution is -0.126. The van der Waals surface area contributed by atoms with Crippen molar-refractivity contribution in [2.24, 2.45) is 11.8 Å². The smallest absolute Gasteiger partial charge is 0.227 e. The minimum Gasteiger partial charge on any atom is -0.379 e. The van der Waals surface area contributed by atoms with Gasteiger partial charge in [0, 0.05) is 12.1 Å². The molecule has 1 saturated carbocycles. The topological polar surface area (TPSA) is 50.4 Å². The Morgan fingerprint density at radius 1 is 1.25 bits per heavy atom. The summed E-state index contributed by atoms with van der Waals surface area (Å²) in [5, 5.41) is 6.32. The van der Waals surface area contributed by atoms with Crippen molar-refractivity contribution in [3.63, 3.8) is 0 Å². The lowest BCUT2D eigenvalue weighted by Crippen LogP contribution is -2.46. The Hall–Kier alpha value is -0.610. The van der Waals surface area contributed by atoms with E-state index in [1.54, 1.807) is 0 Å². The average Bonchev–Trinajstić information content (AvgIpc) is 2.87. The Labute approximate surface area is 97.1 Å². The summed E-state index contributed by atoms with van der Waals surface area (Å²) in [6, 6.07) is 0.558. The maximum atomic E-state index is 12.1. The maximum absolute atomic E-state index is 12.1. The van der Waals surface area contributed by atoms with Crippen LogP contribution in [0.2, 0.25) is 0 Å². The minimum absolute atomic E-state index is 0.0159. The molecule has 1 amide bonds. The van der Waals surface area contributed by atoms with Gasteiger partial charge < -0.3 is 15.4 Å². The number of carbonyl (C=O) groups excluding carboxylic acids is 1. The van der Waals surface area contributed by atoms with Crippen LogP contribution >= 0.6 is 0 Å². The number of amides is 1. The van der Waals surface area contributed by atoms with E-state index in [1.165, 1.54) is 12.8 Å². The molecule has 92 valence electrons. The van der Waals surface area contributed by atoms with E-state index in [1.807, 2.05) is 7.05 Å². The molecule has 0 aromatic rings. The normalized spacial score (nSPS) is 38.9. The summed E-state index contributed by atoms with van der Waals surface area (Å²) in [5.41, 5.74) is 0. The van der Waals surface area contributed by atoms with Crippen molar-refractivity contribution in [2.75, 3.05) is 20.3 Å². The molecule has 4 atom stereocenters. The van der Waals surface area contributed by atoms with Gasteiger partial charge in [0.1, 0.15) is 0 Å². The SMILES string of the molecule is CNC1COCC1C(=O)NC1CCCC1C. The summed E-state index contributed by atoms with van der Waals surface area (Å²) < 4.78 is 5.35. The van der Waals surface area contributed by atoms with Crippen LogP contribution in [0.3, 0.4) is 0 Å².